The van der Waals surface area contributed by atoms with E-state index < -0.39 is 5.97 Å². The lowest BCUT2D eigenvalue weighted by Crippen LogP contribution is -2.09. The minimum atomic E-state index is -0.580. The van der Waals surface area contributed by atoms with Gasteiger partial charge < -0.3 is 5.11 Å². The van der Waals surface area contributed by atoms with Crippen LogP contribution in [0.3, 0.4) is 0 Å². The molecule has 0 aromatic heterocycles. The molecule has 0 unspecified atom stereocenters. The Morgan fingerprint density at radius 1 is 1.40 bits per heavy atom. The van der Waals surface area contributed by atoms with Crippen molar-refractivity contribution < 1.29 is 9.90 Å². The van der Waals surface area contributed by atoms with Crippen LogP contribution in [-0.4, -0.2) is 11.1 Å². The Morgan fingerprint density at radius 3 is 2.40 bits per heavy atom. The van der Waals surface area contributed by atoms with Crippen LogP contribution in [-0.2, 0) is 4.79 Å². The molecule has 10 heavy (non-hydrogen) atoms. The Kier molecular flexibility index (Phi) is 1.08. The van der Waals surface area contributed by atoms with Gasteiger partial charge in [-0.2, -0.15) is 0 Å². The predicted molar refractivity (Wildman–Crippen MR) is 36.6 cm³/mol. The van der Waals surface area contributed by atoms with E-state index in [-0.39, 0.29) is 5.92 Å². The number of hydrogen-bond donors (Lipinski definition) is 1. The largest absolute Gasteiger partial charge is 0.481 e. The summed E-state index contributed by atoms with van der Waals surface area (Å²) in [4.78, 5) is 10.5. The fourth-order valence-electron chi connectivity index (χ4n) is 2.05. The molecular weight excluding hydrogens is 128 g/mol. The summed E-state index contributed by atoms with van der Waals surface area (Å²) < 4.78 is 0. The van der Waals surface area contributed by atoms with E-state index in [1.54, 1.807) is 0 Å². The van der Waals surface area contributed by atoms with Gasteiger partial charge in [0.1, 0.15) is 0 Å². The minimum absolute atomic E-state index is 0.0116. The summed E-state index contributed by atoms with van der Waals surface area (Å²) in [7, 11) is 0. The van der Waals surface area contributed by atoms with Crippen LogP contribution < -0.4 is 0 Å². The Balaban J connectivity index is 1.99. The molecule has 0 aliphatic heterocycles. The highest BCUT2D eigenvalue weighted by molar-refractivity contribution is 5.70. The highest BCUT2D eigenvalue weighted by Crippen LogP contribution is 2.59. The fraction of sp³-hybridized carbons (Fsp3) is 0.875. The number of rotatable bonds is 1. The van der Waals surface area contributed by atoms with E-state index in [9.17, 15) is 4.79 Å². The highest BCUT2D eigenvalue weighted by Gasteiger charge is 2.49. The number of carboxylic acid groups (broad SMARTS) is 1. The predicted octanol–water partition coefficient (Wildman–Crippen LogP) is 1.65. The van der Waals surface area contributed by atoms with Crippen LogP contribution in [0, 0.1) is 11.3 Å². The van der Waals surface area contributed by atoms with Crippen molar-refractivity contribution in [3.63, 3.8) is 0 Å². The van der Waals surface area contributed by atoms with Gasteiger partial charge in [-0.15, -0.1) is 0 Å². The Labute approximate surface area is 60.2 Å². The lowest BCUT2D eigenvalue weighted by atomic mass is 10.0. The van der Waals surface area contributed by atoms with Crippen molar-refractivity contribution in [1.82, 2.24) is 0 Å². The summed E-state index contributed by atoms with van der Waals surface area (Å²) in [6.07, 6.45) is 5.63. The number of carboxylic acids is 1. The molecule has 0 heterocycles. The first kappa shape index (κ1) is 6.20. The molecule has 1 N–H and O–H groups in total. The molecule has 2 aliphatic rings. The molecule has 2 aliphatic carbocycles. The smallest absolute Gasteiger partial charge is 0.306 e. The van der Waals surface area contributed by atoms with Crippen molar-refractivity contribution in [3.05, 3.63) is 0 Å². The van der Waals surface area contributed by atoms with E-state index in [1.165, 1.54) is 19.3 Å². The van der Waals surface area contributed by atoms with Crippen LogP contribution in [0.4, 0.5) is 0 Å². The molecule has 0 aromatic rings. The van der Waals surface area contributed by atoms with Gasteiger partial charge in [0.05, 0.1) is 5.92 Å². The third kappa shape index (κ3) is 0.825. The van der Waals surface area contributed by atoms with E-state index in [0.29, 0.717) is 5.41 Å². The lowest BCUT2D eigenvalue weighted by Gasteiger charge is -2.02. The van der Waals surface area contributed by atoms with Crippen molar-refractivity contribution in [2.24, 2.45) is 11.3 Å². The summed E-state index contributed by atoms with van der Waals surface area (Å²) in [6.45, 7) is 0. The second-order valence-corrected chi connectivity index (χ2v) is 3.78. The SMILES string of the molecule is O=C(O)[C@H]1CCC2(CC2)C1. The first-order valence-electron chi connectivity index (χ1n) is 3.95. The number of carbonyl (C=O) groups is 1. The molecule has 1 spiro atoms. The normalized spacial score (nSPS) is 34.6. The lowest BCUT2D eigenvalue weighted by molar-refractivity contribution is -0.141. The first-order valence-corrected chi connectivity index (χ1v) is 3.95. The van der Waals surface area contributed by atoms with Crippen molar-refractivity contribution in [1.29, 1.82) is 0 Å². The molecule has 2 fully saturated rings. The van der Waals surface area contributed by atoms with Gasteiger partial charge in [0.25, 0.3) is 0 Å². The third-order valence-corrected chi connectivity index (χ3v) is 3.01. The Hall–Kier alpha value is -0.530. The summed E-state index contributed by atoms with van der Waals surface area (Å²) >= 11 is 0. The van der Waals surface area contributed by atoms with Crippen LogP contribution in [0.2, 0.25) is 0 Å². The minimum Gasteiger partial charge on any atom is -0.481 e. The van der Waals surface area contributed by atoms with Crippen molar-refractivity contribution in [2.75, 3.05) is 0 Å². The molecule has 0 saturated heterocycles. The van der Waals surface area contributed by atoms with Crippen LogP contribution in [0.5, 0.6) is 0 Å². The molecular formula is C8H12O2. The summed E-state index contributed by atoms with van der Waals surface area (Å²) in [5, 5.41) is 8.67. The Bertz CT molecular complexity index is 170. The maximum absolute atomic E-state index is 10.5. The van der Waals surface area contributed by atoms with Crippen LogP contribution >= 0.6 is 0 Å². The monoisotopic (exact) mass is 140 g/mol. The fourth-order valence-corrected chi connectivity index (χ4v) is 2.05. The first-order chi connectivity index (χ1) is 4.72. The molecule has 2 saturated carbocycles. The highest BCUT2D eigenvalue weighted by atomic mass is 16.4. The van der Waals surface area contributed by atoms with Gasteiger partial charge in [-0.3, -0.25) is 4.79 Å². The second-order valence-electron chi connectivity index (χ2n) is 3.78. The molecule has 2 heteroatoms. The maximum atomic E-state index is 10.5. The number of hydrogen-bond acceptors (Lipinski definition) is 1. The van der Waals surface area contributed by atoms with Crippen molar-refractivity contribution >= 4 is 5.97 Å². The zero-order valence-corrected chi connectivity index (χ0v) is 5.97. The van der Waals surface area contributed by atoms with Gasteiger partial charge in [0.2, 0.25) is 0 Å². The molecule has 0 radical (unpaired) electrons. The van der Waals surface area contributed by atoms with Gasteiger partial charge in [-0.25, -0.2) is 0 Å². The van der Waals surface area contributed by atoms with Gasteiger partial charge in [-0.1, -0.05) is 0 Å². The van der Waals surface area contributed by atoms with Crippen molar-refractivity contribution in [2.45, 2.75) is 32.1 Å². The third-order valence-electron chi connectivity index (χ3n) is 3.01. The molecule has 56 valence electrons. The van der Waals surface area contributed by atoms with E-state index >= 15 is 0 Å². The van der Waals surface area contributed by atoms with E-state index in [0.717, 1.165) is 12.8 Å². The topological polar surface area (TPSA) is 37.3 Å². The Morgan fingerprint density at radius 2 is 2.10 bits per heavy atom. The number of aliphatic carboxylic acids is 1. The zero-order valence-electron chi connectivity index (χ0n) is 5.97. The van der Waals surface area contributed by atoms with Gasteiger partial charge in [0.15, 0.2) is 0 Å². The van der Waals surface area contributed by atoms with Crippen LogP contribution in [0.25, 0.3) is 0 Å². The average Bonchev–Trinajstić information content (AvgIpc) is 2.41. The quantitative estimate of drug-likeness (QED) is 0.601. The van der Waals surface area contributed by atoms with Crippen LogP contribution in [0.15, 0.2) is 0 Å². The average molecular weight is 140 g/mol. The standard InChI is InChI=1S/C8H12O2/c9-7(10)6-1-2-8(5-6)3-4-8/h6H,1-5H2,(H,9,10)/t6-/m0/s1. The molecule has 0 amide bonds. The zero-order chi connectivity index (χ0) is 7.19. The van der Waals surface area contributed by atoms with E-state index in [1.807, 2.05) is 0 Å². The molecule has 2 rings (SSSR count). The molecule has 1 atom stereocenters. The van der Waals surface area contributed by atoms with Gasteiger partial charge in [-0.05, 0) is 37.5 Å². The van der Waals surface area contributed by atoms with E-state index in [4.69, 9.17) is 5.11 Å². The summed E-state index contributed by atoms with van der Waals surface area (Å²) in [5.74, 6) is -0.591. The van der Waals surface area contributed by atoms with Crippen molar-refractivity contribution in [3.8, 4) is 0 Å². The van der Waals surface area contributed by atoms with Gasteiger partial charge >= 0.3 is 5.97 Å². The summed E-state index contributed by atoms with van der Waals surface area (Å²) in [5.41, 5.74) is 0.517. The maximum Gasteiger partial charge on any atom is 0.306 e. The summed E-state index contributed by atoms with van der Waals surface area (Å²) in [6, 6.07) is 0. The van der Waals surface area contributed by atoms with Crippen LogP contribution in [0.1, 0.15) is 32.1 Å². The van der Waals surface area contributed by atoms with Gasteiger partial charge in [0, 0.05) is 0 Å². The van der Waals surface area contributed by atoms with E-state index in [2.05, 4.69) is 0 Å². The molecule has 2 nitrogen and oxygen atoms in total. The molecule has 0 aromatic carbocycles. The molecule has 0 bridgehead atoms. The second kappa shape index (κ2) is 1.74.